The van der Waals surface area contributed by atoms with E-state index in [-0.39, 0.29) is 0 Å². The molecule has 1 aliphatic heterocycles. The molecular weight excluding hydrogens is 304 g/mol. The molecule has 3 rings (SSSR count). The summed E-state index contributed by atoms with van der Waals surface area (Å²) in [5.41, 5.74) is 0.560. The number of rotatable bonds is 2. The lowest BCUT2D eigenvalue weighted by Crippen LogP contribution is -2.26. The number of thioether (sulfide) groups is 1. The highest BCUT2D eigenvalue weighted by atomic mass is 32.2. The number of hydrogen-bond donors (Lipinski definition) is 0. The summed E-state index contributed by atoms with van der Waals surface area (Å²) in [7, 11) is 0. The maximum Gasteiger partial charge on any atom is 0.134 e. The predicted octanol–water partition coefficient (Wildman–Crippen LogP) is 4.19. The molecular formula is C16H15F2N3S. The molecule has 0 saturated heterocycles. The van der Waals surface area contributed by atoms with E-state index in [9.17, 15) is 8.78 Å². The molecule has 1 aromatic heterocycles. The summed E-state index contributed by atoms with van der Waals surface area (Å²) in [6.45, 7) is 3.80. The molecule has 2 aromatic rings. The van der Waals surface area contributed by atoms with Crippen molar-refractivity contribution < 1.29 is 8.78 Å². The van der Waals surface area contributed by atoms with Crippen molar-refractivity contribution in [3.8, 4) is 11.1 Å². The lowest BCUT2D eigenvalue weighted by atomic mass is 9.87. The molecule has 0 saturated carbocycles. The van der Waals surface area contributed by atoms with Crippen LogP contribution in [0.4, 0.5) is 8.78 Å². The maximum absolute atomic E-state index is 14.4. The van der Waals surface area contributed by atoms with Crippen molar-refractivity contribution in [1.82, 2.24) is 9.97 Å². The van der Waals surface area contributed by atoms with Crippen LogP contribution in [0, 0.1) is 11.6 Å². The van der Waals surface area contributed by atoms with Crippen LogP contribution in [0.25, 0.3) is 11.1 Å². The number of hydrogen-bond acceptors (Lipinski definition) is 4. The highest BCUT2D eigenvalue weighted by Crippen LogP contribution is 2.39. The van der Waals surface area contributed by atoms with Gasteiger partial charge in [-0.05, 0) is 26.3 Å². The van der Waals surface area contributed by atoms with Gasteiger partial charge in [0.25, 0.3) is 0 Å². The van der Waals surface area contributed by atoms with Gasteiger partial charge in [-0.1, -0.05) is 0 Å². The topological polar surface area (TPSA) is 38.1 Å². The number of benzene rings is 1. The Morgan fingerprint density at radius 3 is 2.55 bits per heavy atom. The predicted molar refractivity (Wildman–Crippen MR) is 84.9 cm³/mol. The van der Waals surface area contributed by atoms with Crippen molar-refractivity contribution in [2.24, 2.45) is 4.99 Å². The standard InChI is InChI=1S/C16H15F2N3S/c1-10-21-16(2,3-4-22-10)13-5-12(14(17)6-15(13)18)11-7-19-9-20-8-11/h5-9H,3-4H2,1-2H3. The van der Waals surface area contributed by atoms with E-state index in [4.69, 9.17) is 0 Å². The zero-order chi connectivity index (χ0) is 15.7. The van der Waals surface area contributed by atoms with E-state index in [1.165, 1.54) is 24.8 Å². The first kappa shape index (κ1) is 15.1. The maximum atomic E-state index is 14.4. The van der Waals surface area contributed by atoms with Gasteiger partial charge < -0.3 is 0 Å². The largest absolute Gasteiger partial charge is 0.272 e. The van der Waals surface area contributed by atoms with Crippen LogP contribution in [-0.2, 0) is 5.54 Å². The quantitative estimate of drug-likeness (QED) is 0.833. The van der Waals surface area contributed by atoms with Gasteiger partial charge in [0.2, 0.25) is 0 Å². The average Bonchev–Trinajstić information content (AvgIpc) is 2.47. The molecule has 0 aliphatic carbocycles. The lowest BCUT2D eigenvalue weighted by Gasteiger charge is -2.31. The molecule has 0 radical (unpaired) electrons. The Labute approximate surface area is 131 Å². The van der Waals surface area contributed by atoms with Crippen LogP contribution in [0.1, 0.15) is 25.8 Å². The first-order valence-corrected chi connectivity index (χ1v) is 7.92. The molecule has 1 unspecified atom stereocenters. The third kappa shape index (κ3) is 2.75. The highest BCUT2D eigenvalue weighted by Gasteiger charge is 2.32. The first-order chi connectivity index (χ1) is 10.5. The van der Waals surface area contributed by atoms with Crippen molar-refractivity contribution in [2.45, 2.75) is 25.8 Å². The Kier molecular flexibility index (Phi) is 3.95. The highest BCUT2D eigenvalue weighted by molar-refractivity contribution is 8.13. The molecule has 1 atom stereocenters. The van der Waals surface area contributed by atoms with Crippen LogP contribution < -0.4 is 0 Å². The van der Waals surface area contributed by atoms with Gasteiger partial charge in [0.15, 0.2) is 0 Å². The second kappa shape index (κ2) is 5.76. The number of aliphatic imine (C=N–C) groups is 1. The van der Waals surface area contributed by atoms with Crippen molar-refractivity contribution in [2.75, 3.05) is 5.75 Å². The zero-order valence-electron chi connectivity index (χ0n) is 12.3. The van der Waals surface area contributed by atoms with E-state index in [2.05, 4.69) is 15.0 Å². The third-order valence-corrected chi connectivity index (χ3v) is 4.73. The second-order valence-electron chi connectivity index (χ2n) is 5.44. The van der Waals surface area contributed by atoms with Gasteiger partial charge in [-0.3, -0.25) is 4.99 Å². The van der Waals surface area contributed by atoms with Crippen molar-refractivity contribution >= 4 is 16.8 Å². The summed E-state index contributed by atoms with van der Waals surface area (Å²) >= 11 is 1.66. The zero-order valence-corrected chi connectivity index (χ0v) is 13.1. The molecule has 3 nitrogen and oxygen atoms in total. The molecule has 0 bridgehead atoms. The number of halogens is 2. The van der Waals surface area contributed by atoms with Gasteiger partial charge >= 0.3 is 0 Å². The molecule has 0 spiro atoms. The van der Waals surface area contributed by atoms with Crippen molar-refractivity contribution in [3.63, 3.8) is 0 Å². The summed E-state index contributed by atoms with van der Waals surface area (Å²) in [5.74, 6) is -0.318. The monoisotopic (exact) mass is 319 g/mol. The lowest BCUT2D eigenvalue weighted by molar-refractivity contribution is 0.447. The van der Waals surface area contributed by atoms with Gasteiger partial charge in [-0.15, -0.1) is 11.8 Å². The fourth-order valence-corrected chi connectivity index (χ4v) is 3.71. The van der Waals surface area contributed by atoms with Gasteiger partial charge in [0.05, 0.1) is 10.6 Å². The molecule has 22 heavy (non-hydrogen) atoms. The summed E-state index contributed by atoms with van der Waals surface area (Å²) in [6, 6.07) is 2.46. The SMILES string of the molecule is CC1=NC(C)(c2cc(-c3cncnc3)c(F)cc2F)CCS1. The minimum absolute atomic E-state index is 0.296. The van der Waals surface area contributed by atoms with Crippen molar-refractivity contribution in [3.05, 3.63) is 48.1 Å². The van der Waals surface area contributed by atoms with Crippen LogP contribution in [0.2, 0.25) is 0 Å². The van der Waals surface area contributed by atoms with Gasteiger partial charge in [-0.2, -0.15) is 0 Å². The Bertz CT molecular complexity index is 734. The minimum Gasteiger partial charge on any atom is -0.272 e. The van der Waals surface area contributed by atoms with Gasteiger partial charge in [0.1, 0.15) is 18.0 Å². The van der Waals surface area contributed by atoms with Crippen LogP contribution in [-0.4, -0.2) is 20.8 Å². The number of nitrogens with zero attached hydrogens (tertiary/aromatic N) is 3. The Morgan fingerprint density at radius 1 is 1.14 bits per heavy atom. The van der Waals surface area contributed by atoms with Crippen LogP contribution in [0.3, 0.4) is 0 Å². The summed E-state index contributed by atoms with van der Waals surface area (Å²) in [6.07, 6.45) is 5.11. The first-order valence-electron chi connectivity index (χ1n) is 6.94. The summed E-state index contributed by atoms with van der Waals surface area (Å²) < 4.78 is 28.5. The molecule has 6 heteroatoms. The van der Waals surface area contributed by atoms with E-state index in [0.29, 0.717) is 23.1 Å². The fraction of sp³-hybridized carbons (Fsp3) is 0.312. The van der Waals surface area contributed by atoms with E-state index in [1.54, 1.807) is 11.8 Å². The average molecular weight is 319 g/mol. The van der Waals surface area contributed by atoms with Gasteiger partial charge in [0, 0.05) is 40.9 Å². The molecule has 0 fully saturated rings. The third-order valence-electron chi connectivity index (χ3n) is 3.81. The summed E-state index contributed by atoms with van der Waals surface area (Å²) in [5, 5.41) is 0.919. The molecule has 114 valence electrons. The van der Waals surface area contributed by atoms with Crippen LogP contribution in [0.5, 0.6) is 0 Å². The van der Waals surface area contributed by atoms with E-state index >= 15 is 0 Å². The van der Waals surface area contributed by atoms with Gasteiger partial charge in [-0.25, -0.2) is 18.7 Å². The Morgan fingerprint density at radius 2 is 1.86 bits per heavy atom. The molecule has 1 aromatic carbocycles. The second-order valence-corrected chi connectivity index (χ2v) is 6.73. The Hall–Kier alpha value is -1.82. The Balaban J connectivity index is 2.15. The van der Waals surface area contributed by atoms with Crippen molar-refractivity contribution in [1.29, 1.82) is 0 Å². The minimum atomic E-state index is -0.669. The normalized spacial score (nSPS) is 21.5. The molecule has 0 amide bonds. The van der Waals surface area contributed by atoms with Crippen LogP contribution >= 0.6 is 11.8 Å². The van der Waals surface area contributed by atoms with E-state index < -0.39 is 17.2 Å². The molecule has 2 heterocycles. The summed E-state index contributed by atoms with van der Waals surface area (Å²) in [4.78, 5) is 12.4. The molecule has 1 aliphatic rings. The molecule has 0 N–H and O–H groups in total. The fourth-order valence-electron chi connectivity index (χ4n) is 2.65. The smallest absolute Gasteiger partial charge is 0.134 e. The van der Waals surface area contributed by atoms with Crippen LogP contribution in [0.15, 0.2) is 35.8 Å². The van der Waals surface area contributed by atoms with E-state index in [1.807, 2.05) is 13.8 Å². The number of aromatic nitrogens is 2. The van der Waals surface area contributed by atoms with E-state index in [0.717, 1.165) is 16.9 Å².